The van der Waals surface area contributed by atoms with Crippen molar-refractivity contribution >= 4 is 17.7 Å². The highest BCUT2D eigenvalue weighted by Gasteiger charge is 2.38. The number of fused-ring (bicyclic) bond motifs is 1. The molecule has 0 bridgehead atoms. The van der Waals surface area contributed by atoms with Gasteiger partial charge in [0.05, 0.1) is 0 Å². The molecule has 2 aliphatic rings. The zero-order valence-corrected chi connectivity index (χ0v) is 17.0. The molecule has 158 valence electrons. The molecule has 1 aromatic rings. The van der Waals surface area contributed by atoms with Crippen LogP contribution in [0.25, 0.3) is 0 Å². The molecule has 1 saturated heterocycles. The molecule has 0 saturated carbocycles. The summed E-state index contributed by atoms with van der Waals surface area (Å²) in [5.41, 5.74) is 8.26. The highest BCUT2D eigenvalue weighted by molar-refractivity contribution is 6.05. The van der Waals surface area contributed by atoms with E-state index in [9.17, 15) is 14.4 Å². The summed E-state index contributed by atoms with van der Waals surface area (Å²) in [6.07, 6.45) is 7.95. The Hall–Kier alpha value is -2.25. The fourth-order valence-electron chi connectivity index (χ4n) is 4.07. The fraction of sp³-hybridized carbons (Fsp3) is 0.591. The molecule has 7 nitrogen and oxygen atoms in total. The lowest BCUT2D eigenvalue weighted by Crippen LogP contribution is -2.52. The van der Waals surface area contributed by atoms with E-state index in [-0.39, 0.29) is 24.1 Å². The molecule has 2 heterocycles. The SMILES string of the molecule is NCCCCCCCCNCc1ccc2c(c1)CN(C1CCC(=O)NC1=O)C2=O. The van der Waals surface area contributed by atoms with E-state index in [2.05, 4.69) is 16.7 Å². The second-order valence-corrected chi connectivity index (χ2v) is 7.98. The zero-order chi connectivity index (χ0) is 20.6. The number of nitrogens with zero attached hydrogens (tertiary/aromatic N) is 1. The molecule has 0 aromatic heterocycles. The largest absolute Gasteiger partial charge is 0.330 e. The molecule has 3 amide bonds. The maximum atomic E-state index is 12.7. The Kier molecular flexibility index (Phi) is 7.77. The molecule has 29 heavy (non-hydrogen) atoms. The van der Waals surface area contributed by atoms with Crippen LogP contribution in [0.3, 0.4) is 0 Å². The molecular formula is C22H32N4O3. The van der Waals surface area contributed by atoms with Crippen LogP contribution < -0.4 is 16.4 Å². The molecule has 0 spiro atoms. The van der Waals surface area contributed by atoms with Crippen molar-refractivity contribution in [3.63, 3.8) is 0 Å². The Labute approximate surface area is 172 Å². The van der Waals surface area contributed by atoms with Crippen LogP contribution >= 0.6 is 0 Å². The van der Waals surface area contributed by atoms with Gasteiger partial charge in [-0.3, -0.25) is 19.7 Å². The third-order valence-electron chi connectivity index (χ3n) is 5.72. The van der Waals surface area contributed by atoms with Crippen LogP contribution in [0, 0.1) is 0 Å². The summed E-state index contributed by atoms with van der Waals surface area (Å²) in [5, 5.41) is 5.81. The van der Waals surface area contributed by atoms with E-state index in [0.29, 0.717) is 18.5 Å². The normalized spacial score (nSPS) is 18.9. The molecule has 1 atom stereocenters. The maximum Gasteiger partial charge on any atom is 0.255 e. The monoisotopic (exact) mass is 400 g/mol. The Morgan fingerprint density at radius 2 is 1.83 bits per heavy atom. The topological polar surface area (TPSA) is 105 Å². The smallest absolute Gasteiger partial charge is 0.255 e. The number of rotatable bonds is 11. The van der Waals surface area contributed by atoms with E-state index in [4.69, 9.17) is 5.73 Å². The van der Waals surface area contributed by atoms with E-state index in [1.54, 1.807) is 4.90 Å². The molecule has 1 aromatic carbocycles. The lowest BCUT2D eigenvalue weighted by atomic mass is 10.0. The van der Waals surface area contributed by atoms with E-state index in [1.165, 1.54) is 25.7 Å². The Balaban J connectivity index is 1.44. The average molecular weight is 401 g/mol. The van der Waals surface area contributed by atoms with Crippen LogP contribution in [0.15, 0.2) is 18.2 Å². The first-order valence-electron chi connectivity index (χ1n) is 10.8. The predicted molar refractivity (Wildman–Crippen MR) is 111 cm³/mol. The second kappa shape index (κ2) is 10.5. The molecule has 0 radical (unpaired) electrons. The van der Waals surface area contributed by atoms with Crippen molar-refractivity contribution in [1.82, 2.24) is 15.5 Å². The van der Waals surface area contributed by atoms with Gasteiger partial charge >= 0.3 is 0 Å². The van der Waals surface area contributed by atoms with E-state index < -0.39 is 6.04 Å². The number of nitrogens with one attached hydrogen (secondary N) is 2. The molecule has 0 aliphatic carbocycles. The number of nitrogens with two attached hydrogens (primary N) is 1. The lowest BCUT2D eigenvalue weighted by molar-refractivity contribution is -0.136. The molecule has 3 rings (SSSR count). The summed E-state index contributed by atoms with van der Waals surface area (Å²) in [7, 11) is 0. The minimum Gasteiger partial charge on any atom is -0.330 e. The Morgan fingerprint density at radius 1 is 1.07 bits per heavy atom. The number of benzene rings is 1. The van der Waals surface area contributed by atoms with Crippen molar-refractivity contribution in [3.8, 4) is 0 Å². The van der Waals surface area contributed by atoms with Crippen LogP contribution in [0.5, 0.6) is 0 Å². The van der Waals surface area contributed by atoms with Crippen LogP contribution in [-0.4, -0.2) is 41.8 Å². The second-order valence-electron chi connectivity index (χ2n) is 7.98. The summed E-state index contributed by atoms with van der Waals surface area (Å²) in [6.45, 7) is 2.97. The molecule has 7 heteroatoms. The van der Waals surface area contributed by atoms with Crippen molar-refractivity contribution in [2.75, 3.05) is 13.1 Å². The number of piperidine rings is 1. The van der Waals surface area contributed by atoms with Gasteiger partial charge in [-0.25, -0.2) is 0 Å². The fourth-order valence-corrected chi connectivity index (χ4v) is 4.07. The van der Waals surface area contributed by atoms with E-state index in [0.717, 1.165) is 43.6 Å². The van der Waals surface area contributed by atoms with Gasteiger partial charge in [0.15, 0.2) is 0 Å². The first-order chi connectivity index (χ1) is 14.1. The maximum absolute atomic E-state index is 12.7. The van der Waals surface area contributed by atoms with Gasteiger partial charge in [0.2, 0.25) is 11.8 Å². The highest BCUT2D eigenvalue weighted by Crippen LogP contribution is 2.28. The zero-order valence-electron chi connectivity index (χ0n) is 17.0. The molecular weight excluding hydrogens is 368 g/mol. The number of amides is 3. The standard InChI is InChI=1S/C22H32N4O3/c23-11-5-3-1-2-4-6-12-24-14-16-7-8-18-17(13-16)15-26(22(18)29)19-9-10-20(27)25-21(19)28/h7-8,13,19,24H,1-6,9-12,14-15,23H2,(H,25,27,28). The number of hydrogen-bond acceptors (Lipinski definition) is 5. The van der Waals surface area contributed by atoms with Crippen LogP contribution in [0.4, 0.5) is 0 Å². The van der Waals surface area contributed by atoms with Gasteiger partial charge in [0, 0.05) is 25.1 Å². The summed E-state index contributed by atoms with van der Waals surface area (Å²) < 4.78 is 0. The van der Waals surface area contributed by atoms with Crippen molar-refractivity contribution in [2.45, 2.75) is 70.5 Å². The van der Waals surface area contributed by atoms with Crippen LogP contribution in [0.1, 0.15) is 72.9 Å². The Bertz CT molecular complexity index is 750. The molecule has 1 fully saturated rings. The number of hydrogen-bond donors (Lipinski definition) is 3. The van der Waals surface area contributed by atoms with Crippen molar-refractivity contribution in [2.24, 2.45) is 5.73 Å². The van der Waals surface area contributed by atoms with E-state index in [1.807, 2.05) is 12.1 Å². The summed E-state index contributed by atoms with van der Waals surface area (Å²) >= 11 is 0. The molecule has 1 unspecified atom stereocenters. The number of carbonyl (C=O) groups excluding carboxylic acids is 3. The number of imide groups is 1. The van der Waals surface area contributed by atoms with Gasteiger partial charge in [0.1, 0.15) is 6.04 Å². The van der Waals surface area contributed by atoms with Crippen molar-refractivity contribution in [1.29, 1.82) is 0 Å². The lowest BCUT2D eigenvalue weighted by Gasteiger charge is -2.29. The summed E-state index contributed by atoms with van der Waals surface area (Å²) in [5.74, 6) is -0.754. The number of carbonyl (C=O) groups is 3. The van der Waals surface area contributed by atoms with Crippen LogP contribution in [-0.2, 0) is 22.7 Å². The van der Waals surface area contributed by atoms with Gasteiger partial charge < -0.3 is 16.0 Å². The third kappa shape index (κ3) is 5.64. The van der Waals surface area contributed by atoms with Gasteiger partial charge in [-0.2, -0.15) is 0 Å². The van der Waals surface area contributed by atoms with Crippen molar-refractivity contribution in [3.05, 3.63) is 34.9 Å². The minimum absolute atomic E-state index is 0.122. The quantitative estimate of drug-likeness (QED) is 0.388. The average Bonchev–Trinajstić information content (AvgIpc) is 3.02. The summed E-state index contributed by atoms with van der Waals surface area (Å²) in [6, 6.07) is 5.33. The van der Waals surface area contributed by atoms with Gasteiger partial charge in [-0.15, -0.1) is 0 Å². The first kappa shape index (κ1) is 21.5. The minimum atomic E-state index is -0.556. The number of unbranched alkanes of at least 4 members (excludes halogenated alkanes) is 5. The highest BCUT2D eigenvalue weighted by atomic mass is 16.2. The van der Waals surface area contributed by atoms with E-state index >= 15 is 0 Å². The third-order valence-corrected chi connectivity index (χ3v) is 5.72. The van der Waals surface area contributed by atoms with Gasteiger partial charge in [-0.1, -0.05) is 37.8 Å². The molecule has 4 N–H and O–H groups in total. The van der Waals surface area contributed by atoms with Crippen LogP contribution in [0.2, 0.25) is 0 Å². The van der Waals surface area contributed by atoms with Gasteiger partial charge in [0.25, 0.3) is 5.91 Å². The Morgan fingerprint density at radius 3 is 2.59 bits per heavy atom. The van der Waals surface area contributed by atoms with Crippen molar-refractivity contribution < 1.29 is 14.4 Å². The molecule has 2 aliphatic heterocycles. The predicted octanol–water partition coefficient (Wildman–Crippen LogP) is 1.84. The first-order valence-corrected chi connectivity index (χ1v) is 10.8. The summed E-state index contributed by atoms with van der Waals surface area (Å²) in [4.78, 5) is 37.8. The van der Waals surface area contributed by atoms with Gasteiger partial charge in [-0.05, 0) is 49.5 Å².